The molecule has 1 aliphatic heterocycles. The van der Waals surface area contributed by atoms with Crippen LogP contribution >= 0.6 is 0 Å². The van der Waals surface area contributed by atoms with Crippen LogP contribution in [0.25, 0.3) is 0 Å². The maximum Gasteiger partial charge on any atom is 0.246 e. The van der Waals surface area contributed by atoms with Crippen molar-refractivity contribution in [3.63, 3.8) is 0 Å². The quantitative estimate of drug-likeness (QED) is 0.877. The minimum Gasteiger partial charge on any atom is -0.497 e. The van der Waals surface area contributed by atoms with Gasteiger partial charge in [0.1, 0.15) is 17.3 Å². The van der Waals surface area contributed by atoms with Crippen LogP contribution in [0, 0.1) is 0 Å². The molecule has 1 aromatic rings. The Morgan fingerprint density at radius 1 is 1.19 bits per heavy atom. The Morgan fingerprint density at radius 2 is 1.86 bits per heavy atom. The smallest absolute Gasteiger partial charge is 0.246 e. The van der Waals surface area contributed by atoms with Crippen LogP contribution in [0.4, 0.5) is 0 Å². The van der Waals surface area contributed by atoms with E-state index >= 15 is 0 Å². The van der Waals surface area contributed by atoms with E-state index in [9.17, 15) is 9.59 Å². The summed E-state index contributed by atoms with van der Waals surface area (Å²) in [5.41, 5.74) is 0.353. The third-order valence-electron chi connectivity index (χ3n) is 4.47. The number of ether oxygens (including phenoxy) is 1. The number of piperazine rings is 1. The van der Waals surface area contributed by atoms with Crippen molar-refractivity contribution >= 4 is 11.8 Å². The fourth-order valence-corrected chi connectivity index (χ4v) is 3.21. The van der Waals surface area contributed by atoms with E-state index in [0.29, 0.717) is 6.42 Å². The third-order valence-corrected chi connectivity index (χ3v) is 4.47. The molecule has 1 heterocycles. The molecule has 1 saturated heterocycles. The van der Waals surface area contributed by atoms with Crippen LogP contribution in [-0.4, -0.2) is 30.5 Å². The standard InChI is InChI=1S/C16H20N2O3/c1-21-12-6-4-11(5-7-12)10-13-14(19)18-16(15(20)17-13)8-2-3-9-16/h4-7,13H,2-3,8-10H2,1H3,(H,17,20)(H,18,19)/t13-/m0/s1. The Labute approximate surface area is 124 Å². The highest BCUT2D eigenvalue weighted by molar-refractivity contribution is 6.00. The van der Waals surface area contributed by atoms with Crippen molar-refractivity contribution < 1.29 is 14.3 Å². The first-order valence-electron chi connectivity index (χ1n) is 7.39. The van der Waals surface area contributed by atoms with Gasteiger partial charge >= 0.3 is 0 Å². The first-order valence-corrected chi connectivity index (χ1v) is 7.39. The van der Waals surface area contributed by atoms with Crippen LogP contribution in [0.1, 0.15) is 31.2 Å². The largest absolute Gasteiger partial charge is 0.497 e. The number of hydrogen-bond acceptors (Lipinski definition) is 3. The monoisotopic (exact) mass is 288 g/mol. The number of carbonyl (C=O) groups is 2. The van der Waals surface area contributed by atoms with E-state index in [-0.39, 0.29) is 11.8 Å². The van der Waals surface area contributed by atoms with Gasteiger partial charge in [0.15, 0.2) is 0 Å². The lowest BCUT2D eigenvalue weighted by molar-refractivity contribution is -0.141. The lowest BCUT2D eigenvalue weighted by Gasteiger charge is -2.37. The Hall–Kier alpha value is -2.04. The third kappa shape index (κ3) is 2.60. The van der Waals surface area contributed by atoms with Gasteiger partial charge in [-0.25, -0.2) is 0 Å². The summed E-state index contributed by atoms with van der Waals surface area (Å²) < 4.78 is 5.11. The minimum atomic E-state index is -0.645. The van der Waals surface area contributed by atoms with Gasteiger partial charge in [-0.05, 0) is 30.5 Å². The zero-order chi connectivity index (χ0) is 14.9. The van der Waals surface area contributed by atoms with Gasteiger partial charge in [0.05, 0.1) is 7.11 Å². The van der Waals surface area contributed by atoms with E-state index in [1.54, 1.807) is 7.11 Å². The molecule has 0 radical (unpaired) electrons. The summed E-state index contributed by atoms with van der Waals surface area (Å²) in [4.78, 5) is 24.6. The maximum absolute atomic E-state index is 12.3. The average Bonchev–Trinajstić information content (AvgIpc) is 2.95. The summed E-state index contributed by atoms with van der Waals surface area (Å²) in [6.45, 7) is 0. The van der Waals surface area contributed by atoms with Gasteiger partial charge in [-0.15, -0.1) is 0 Å². The molecule has 2 N–H and O–H groups in total. The predicted molar refractivity (Wildman–Crippen MR) is 78.0 cm³/mol. The second-order valence-corrected chi connectivity index (χ2v) is 5.86. The summed E-state index contributed by atoms with van der Waals surface area (Å²) in [6.07, 6.45) is 3.99. The predicted octanol–water partition coefficient (Wildman–Crippen LogP) is 1.17. The van der Waals surface area contributed by atoms with Crippen LogP contribution in [-0.2, 0) is 16.0 Å². The van der Waals surface area contributed by atoms with Crippen molar-refractivity contribution in [2.24, 2.45) is 0 Å². The van der Waals surface area contributed by atoms with Gasteiger partial charge in [-0.2, -0.15) is 0 Å². The highest BCUT2D eigenvalue weighted by Gasteiger charge is 2.47. The number of hydrogen-bond donors (Lipinski definition) is 2. The maximum atomic E-state index is 12.3. The molecular weight excluding hydrogens is 268 g/mol. The molecule has 0 aromatic heterocycles. The molecule has 2 amide bonds. The number of rotatable bonds is 3. The number of benzene rings is 1. The molecule has 1 aromatic carbocycles. The van der Waals surface area contributed by atoms with Crippen LogP contribution in [0.5, 0.6) is 5.75 Å². The fraction of sp³-hybridized carbons (Fsp3) is 0.500. The van der Waals surface area contributed by atoms with Crippen LogP contribution < -0.4 is 15.4 Å². The van der Waals surface area contributed by atoms with Gasteiger partial charge in [0.2, 0.25) is 11.8 Å². The van der Waals surface area contributed by atoms with Crippen molar-refractivity contribution in [2.75, 3.05) is 7.11 Å². The molecule has 0 unspecified atom stereocenters. The molecule has 1 spiro atoms. The Balaban J connectivity index is 1.69. The SMILES string of the molecule is COc1ccc(C[C@@H]2NC(=O)C3(CCCC3)NC2=O)cc1. The Kier molecular flexibility index (Phi) is 3.57. The Bertz CT molecular complexity index is 547. The van der Waals surface area contributed by atoms with Crippen molar-refractivity contribution in [1.29, 1.82) is 0 Å². The van der Waals surface area contributed by atoms with E-state index in [2.05, 4.69) is 10.6 Å². The molecule has 1 atom stereocenters. The van der Waals surface area contributed by atoms with Gasteiger partial charge in [0, 0.05) is 6.42 Å². The van der Waals surface area contributed by atoms with Crippen LogP contribution in [0.15, 0.2) is 24.3 Å². The molecule has 2 aliphatic rings. The molecule has 0 bridgehead atoms. The number of nitrogens with one attached hydrogen (secondary N) is 2. The molecule has 5 nitrogen and oxygen atoms in total. The number of carbonyl (C=O) groups excluding carboxylic acids is 2. The molecule has 1 saturated carbocycles. The summed E-state index contributed by atoms with van der Waals surface area (Å²) >= 11 is 0. The van der Waals surface area contributed by atoms with Crippen molar-refractivity contribution in [2.45, 2.75) is 43.7 Å². The van der Waals surface area contributed by atoms with Crippen molar-refractivity contribution in [1.82, 2.24) is 10.6 Å². The van der Waals surface area contributed by atoms with E-state index in [1.807, 2.05) is 24.3 Å². The lowest BCUT2D eigenvalue weighted by atomic mass is 9.91. The second-order valence-electron chi connectivity index (χ2n) is 5.86. The van der Waals surface area contributed by atoms with Gasteiger partial charge in [-0.1, -0.05) is 25.0 Å². The summed E-state index contributed by atoms with van der Waals surface area (Å²) in [6, 6.07) is 7.06. The molecule has 3 rings (SSSR count). The molecule has 1 aliphatic carbocycles. The average molecular weight is 288 g/mol. The molecule has 21 heavy (non-hydrogen) atoms. The number of amides is 2. The van der Waals surface area contributed by atoms with Crippen LogP contribution in [0.2, 0.25) is 0 Å². The highest BCUT2D eigenvalue weighted by atomic mass is 16.5. The first-order chi connectivity index (χ1) is 10.1. The summed E-state index contributed by atoms with van der Waals surface area (Å²) in [5, 5.41) is 5.85. The topological polar surface area (TPSA) is 67.4 Å². The normalized spacial score (nSPS) is 23.8. The van der Waals surface area contributed by atoms with Crippen molar-refractivity contribution in [3.05, 3.63) is 29.8 Å². The number of methoxy groups -OCH3 is 1. The molecular formula is C16H20N2O3. The van der Waals surface area contributed by atoms with Gasteiger partial charge in [0.25, 0.3) is 0 Å². The van der Waals surface area contributed by atoms with Gasteiger partial charge in [-0.3, -0.25) is 9.59 Å². The Morgan fingerprint density at radius 3 is 2.48 bits per heavy atom. The lowest BCUT2D eigenvalue weighted by Crippen LogP contribution is -2.68. The second kappa shape index (κ2) is 5.39. The zero-order valence-corrected chi connectivity index (χ0v) is 12.1. The highest BCUT2D eigenvalue weighted by Crippen LogP contribution is 2.32. The van der Waals surface area contributed by atoms with E-state index in [4.69, 9.17) is 4.74 Å². The summed E-state index contributed by atoms with van der Waals surface area (Å²) in [7, 11) is 1.62. The van der Waals surface area contributed by atoms with E-state index in [1.165, 1.54) is 0 Å². The van der Waals surface area contributed by atoms with Gasteiger partial charge < -0.3 is 15.4 Å². The van der Waals surface area contributed by atoms with E-state index < -0.39 is 11.6 Å². The van der Waals surface area contributed by atoms with E-state index in [0.717, 1.165) is 37.0 Å². The van der Waals surface area contributed by atoms with Crippen molar-refractivity contribution in [3.8, 4) is 5.75 Å². The zero-order valence-electron chi connectivity index (χ0n) is 12.1. The molecule has 5 heteroatoms. The minimum absolute atomic E-state index is 0.0295. The molecule has 112 valence electrons. The summed E-state index contributed by atoms with van der Waals surface area (Å²) in [5.74, 6) is 0.672. The fourth-order valence-electron chi connectivity index (χ4n) is 3.21. The first kappa shape index (κ1) is 13.9. The van der Waals surface area contributed by atoms with Crippen LogP contribution in [0.3, 0.4) is 0 Å². The molecule has 2 fully saturated rings.